The third-order valence-corrected chi connectivity index (χ3v) is 6.91. The van der Waals surface area contributed by atoms with E-state index in [-0.39, 0.29) is 18.2 Å². The highest BCUT2D eigenvalue weighted by Gasteiger charge is 2.27. The largest absolute Gasteiger partial charge is 0.369 e. The lowest BCUT2D eigenvalue weighted by Crippen LogP contribution is -2.50. The fourth-order valence-corrected chi connectivity index (χ4v) is 4.73. The average Bonchev–Trinajstić information content (AvgIpc) is 2.68. The van der Waals surface area contributed by atoms with Gasteiger partial charge in [0.1, 0.15) is 0 Å². The maximum absolute atomic E-state index is 12.6. The Hall–Kier alpha value is -2.38. The Morgan fingerprint density at radius 3 is 2.39 bits per heavy atom. The molecule has 1 heterocycles. The van der Waals surface area contributed by atoms with Crippen molar-refractivity contribution < 1.29 is 13.2 Å². The second-order valence-electron chi connectivity index (χ2n) is 7.11. The van der Waals surface area contributed by atoms with E-state index in [2.05, 4.69) is 35.3 Å². The summed E-state index contributed by atoms with van der Waals surface area (Å²) in [6.07, 6.45) is 0. The van der Waals surface area contributed by atoms with Crippen LogP contribution in [-0.4, -0.2) is 57.1 Å². The van der Waals surface area contributed by atoms with Crippen LogP contribution in [0.2, 0.25) is 0 Å². The molecule has 1 aliphatic heterocycles. The molecule has 6 nitrogen and oxygen atoms in total. The van der Waals surface area contributed by atoms with Crippen molar-refractivity contribution in [2.45, 2.75) is 13.8 Å². The van der Waals surface area contributed by atoms with Crippen molar-refractivity contribution in [1.29, 1.82) is 0 Å². The van der Waals surface area contributed by atoms with E-state index in [1.54, 1.807) is 12.1 Å². The van der Waals surface area contributed by atoms with Crippen LogP contribution in [0.4, 0.5) is 5.69 Å². The number of carbonyl (C=O) groups is 1. The van der Waals surface area contributed by atoms with Crippen molar-refractivity contribution in [1.82, 2.24) is 9.62 Å². The van der Waals surface area contributed by atoms with E-state index in [1.807, 2.05) is 25.1 Å². The molecule has 0 bridgehead atoms. The number of anilines is 1. The standard InChI is InChI=1S/C21H27N3O3S/c1-17-6-5-8-19(16-17)23-11-13-24(14-12-23)28(26,27)15-10-22-21(25)20-9-4-3-7-18(20)2/h3-9,16H,10-15H2,1-2H3,(H,22,25). The van der Waals surface area contributed by atoms with E-state index in [1.165, 1.54) is 9.87 Å². The van der Waals surface area contributed by atoms with Crippen LogP contribution in [0.3, 0.4) is 0 Å². The molecule has 1 fully saturated rings. The van der Waals surface area contributed by atoms with Gasteiger partial charge in [-0.15, -0.1) is 0 Å². The van der Waals surface area contributed by atoms with Gasteiger partial charge < -0.3 is 10.2 Å². The summed E-state index contributed by atoms with van der Waals surface area (Å²) < 4.78 is 26.8. The van der Waals surface area contributed by atoms with Crippen molar-refractivity contribution in [2.75, 3.05) is 43.4 Å². The molecule has 1 aliphatic rings. The minimum atomic E-state index is -3.39. The zero-order valence-corrected chi connectivity index (χ0v) is 17.2. The molecular formula is C21H27N3O3S. The summed E-state index contributed by atoms with van der Waals surface area (Å²) in [4.78, 5) is 14.4. The van der Waals surface area contributed by atoms with Crippen LogP contribution in [0.25, 0.3) is 0 Å². The van der Waals surface area contributed by atoms with E-state index in [9.17, 15) is 13.2 Å². The first-order valence-corrected chi connectivity index (χ1v) is 11.1. The minimum Gasteiger partial charge on any atom is -0.369 e. The Labute approximate surface area is 167 Å². The first kappa shape index (κ1) is 20.4. The molecule has 3 rings (SSSR count). The first-order valence-electron chi connectivity index (χ1n) is 9.50. The monoisotopic (exact) mass is 401 g/mol. The maximum Gasteiger partial charge on any atom is 0.251 e. The highest BCUT2D eigenvalue weighted by atomic mass is 32.2. The van der Waals surface area contributed by atoms with Crippen LogP contribution in [0.1, 0.15) is 21.5 Å². The Balaban J connectivity index is 1.50. The molecule has 0 spiro atoms. The lowest BCUT2D eigenvalue weighted by Gasteiger charge is -2.35. The molecule has 1 saturated heterocycles. The number of nitrogens with one attached hydrogen (secondary N) is 1. The van der Waals surface area contributed by atoms with Gasteiger partial charge in [0.2, 0.25) is 10.0 Å². The quantitative estimate of drug-likeness (QED) is 0.806. The van der Waals surface area contributed by atoms with E-state index >= 15 is 0 Å². The maximum atomic E-state index is 12.6. The van der Waals surface area contributed by atoms with E-state index in [4.69, 9.17) is 0 Å². The Kier molecular flexibility index (Phi) is 6.36. The molecular weight excluding hydrogens is 374 g/mol. The van der Waals surface area contributed by atoms with Gasteiger partial charge in [-0.3, -0.25) is 4.79 Å². The van der Waals surface area contributed by atoms with E-state index < -0.39 is 10.0 Å². The molecule has 0 unspecified atom stereocenters. The predicted molar refractivity (Wildman–Crippen MR) is 112 cm³/mol. The number of hydrogen-bond acceptors (Lipinski definition) is 4. The number of sulfonamides is 1. The van der Waals surface area contributed by atoms with Crippen LogP contribution in [0, 0.1) is 13.8 Å². The SMILES string of the molecule is Cc1cccc(N2CCN(S(=O)(=O)CCNC(=O)c3ccccc3C)CC2)c1. The van der Waals surface area contributed by atoms with Crippen LogP contribution in [0.5, 0.6) is 0 Å². The molecule has 2 aromatic rings. The van der Waals surface area contributed by atoms with Crippen molar-refractivity contribution in [2.24, 2.45) is 0 Å². The molecule has 1 N–H and O–H groups in total. The van der Waals surface area contributed by atoms with Crippen LogP contribution in [0.15, 0.2) is 48.5 Å². The smallest absolute Gasteiger partial charge is 0.251 e. The van der Waals surface area contributed by atoms with Gasteiger partial charge in [0.15, 0.2) is 0 Å². The normalized spacial score (nSPS) is 15.4. The summed E-state index contributed by atoms with van der Waals surface area (Å²) in [5.74, 6) is -0.327. The number of rotatable bonds is 6. The Morgan fingerprint density at radius 2 is 1.71 bits per heavy atom. The number of carbonyl (C=O) groups excluding carboxylic acids is 1. The highest BCUT2D eigenvalue weighted by Crippen LogP contribution is 2.19. The number of nitrogens with zero attached hydrogens (tertiary/aromatic N) is 2. The van der Waals surface area contributed by atoms with Gasteiger partial charge in [-0.05, 0) is 43.2 Å². The average molecular weight is 402 g/mol. The summed E-state index contributed by atoms with van der Waals surface area (Å²) in [5, 5.41) is 2.72. The van der Waals surface area contributed by atoms with E-state index in [0.717, 1.165) is 11.3 Å². The van der Waals surface area contributed by atoms with Crippen LogP contribution in [-0.2, 0) is 10.0 Å². The van der Waals surface area contributed by atoms with Crippen molar-refractivity contribution in [3.8, 4) is 0 Å². The van der Waals surface area contributed by atoms with Gasteiger partial charge >= 0.3 is 0 Å². The van der Waals surface area contributed by atoms with Gasteiger partial charge in [-0.2, -0.15) is 4.31 Å². The molecule has 0 atom stereocenters. The number of hydrogen-bond donors (Lipinski definition) is 1. The molecule has 0 aromatic heterocycles. The molecule has 2 aromatic carbocycles. The van der Waals surface area contributed by atoms with Gasteiger partial charge in [-0.1, -0.05) is 30.3 Å². The molecule has 7 heteroatoms. The van der Waals surface area contributed by atoms with Crippen LogP contribution >= 0.6 is 0 Å². The van der Waals surface area contributed by atoms with Gasteiger partial charge in [0.25, 0.3) is 5.91 Å². The lowest BCUT2D eigenvalue weighted by atomic mass is 10.1. The lowest BCUT2D eigenvalue weighted by molar-refractivity contribution is 0.0955. The third-order valence-electron chi connectivity index (χ3n) is 5.03. The van der Waals surface area contributed by atoms with E-state index in [0.29, 0.717) is 31.7 Å². The second-order valence-corrected chi connectivity index (χ2v) is 9.20. The fourth-order valence-electron chi connectivity index (χ4n) is 3.39. The predicted octanol–water partition coefficient (Wildman–Crippen LogP) is 2.19. The Morgan fingerprint density at radius 1 is 1.00 bits per heavy atom. The number of piperazine rings is 1. The Bertz CT molecular complexity index is 935. The number of benzene rings is 2. The summed E-state index contributed by atoms with van der Waals surface area (Å²) in [6.45, 7) is 6.27. The topological polar surface area (TPSA) is 69.7 Å². The molecule has 0 saturated carbocycles. The van der Waals surface area contributed by atoms with Crippen molar-refractivity contribution in [3.63, 3.8) is 0 Å². The fraction of sp³-hybridized carbons (Fsp3) is 0.381. The number of aryl methyl sites for hydroxylation is 2. The summed E-state index contributed by atoms with van der Waals surface area (Å²) >= 11 is 0. The van der Waals surface area contributed by atoms with Crippen molar-refractivity contribution >= 4 is 21.6 Å². The summed E-state index contributed by atoms with van der Waals surface area (Å²) in [7, 11) is -3.39. The molecule has 0 aliphatic carbocycles. The molecule has 28 heavy (non-hydrogen) atoms. The van der Waals surface area contributed by atoms with Gasteiger partial charge in [0.05, 0.1) is 5.75 Å². The molecule has 0 radical (unpaired) electrons. The zero-order chi connectivity index (χ0) is 20.1. The summed E-state index contributed by atoms with van der Waals surface area (Å²) in [5.41, 5.74) is 3.77. The highest BCUT2D eigenvalue weighted by molar-refractivity contribution is 7.89. The molecule has 150 valence electrons. The number of amides is 1. The van der Waals surface area contributed by atoms with Crippen molar-refractivity contribution in [3.05, 3.63) is 65.2 Å². The van der Waals surface area contributed by atoms with Crippen LogP contribution < -0.4 is 10.2 Å². The van der Waals surface area contributed by atoms with Gasteiger partial charge in [0, 0.05) is 44.0 Å². The molecule has 1 amide bonds. The first-order chi connectivity index (χ1) is 13.4. The summed E-state index contributed by atoms with van der Waals surface area (Å²) in [6, 6.07) is 15.5. The second kappa shape index (κ2) is 8.75. The van der Waals surface area contributed by atoms with Gasteiger partial charge in [-0.25, -0.2) is 8.42 Å². The minimum absolute atomic E-state index is 0.0882. The zero-order valence-electron chi connectivity index (χ0n) is 16.4. The third kappa shape index (κ3) is 4.91.